The first kappa shape index (κ1) is 19.8. The number of amides is 3. The van der Waals surface area contributed by atoms with Crippen LogP contribution < -0.4 is 10.6 Å². The largest absolute Gasteiger partial charge is 0.342 e. The van der Waals surface area contributed by atoms with Gasteiger partial charge in [0.15, 0.2) is 0 Å². The number of carbonyl (C=O) groups is 2. The first-order chi connectivity index (χ1) is 12.6. The summed E-state index contributed by atoms with van der Waals surface area (Å²) < 4.78 is 1.95. The van der Waals surface area contributed by atoms with Gasteiger partial charge in [0.2, 0.25) is 5.91 Å². The second kappa shape index (κ2) is 9.85. The van der Waals surface area contributed by atoms with E-state index in [2.05, 4.69) is 17.6 Å². The standard InChI is InChI=1S/C20H30N4O2/c1-4-7-8-12-21-20(26)22-17-9-10-18-16(14-17)11-13-24(18)15-19(25)23(5-2)6-3/h9-11,13-14H,4-8,12,15H2,1-3H3,(H2,21,22,26). The summed E-state index contributed by atoms with van der Waals surface area (Å²) in [5.74, 6) is 0.112. The average molecular weight is 358 g/mol. The highest BCUT2D eigenvalue weighted by atomic mass is 16.2. The van der Waals surface area contributed by atoms with Gasteiger partial charge in [-0.2, -0.15) is 0 Å². The van der Waals surface area contributed by atoms with Crippen molar-refractivity contribution in [3.8, 4) is 0 Å². The molecule has 1 heterocycles. The number of nitrogens with one attached hydrogen (secondary N) is 2. The molecule has 1 aromatic heterocycles. The molecule has 6 nitrogen and oxygen atoms in total. The van der Waals surface area contributed by atoms with Gasteiger partial charge >= 0.3 is 6.03 Å². The quantitative estimate of drug-likeness (QED) is 0.669. The minimum atomic E-state index is -0.184. The predicted octanol–water partition coefficient (Wildman–Crippen LogP) is 3.82. The van der Waals surface area contributed by atoms with Crippen LogP contribution in [0, 0.1) is 0 Å². The molecule has 1 aromatic carbocycles. The number of benzene rings is 1. The number of anilines is 1. The van der Waals surface area contributed by atoms with Crippen LogP contribution in [-0.4, -0.2) is 41.0 Å². The number of likely N-dealkylation sites (N-methyl/N-ethyl adjacent to an activating group) is 1. The third-order valence-corrected chi connectivity index (χ3v) is 4.52. The van der Waals surface area contributed by atoms with E-state index in [0.717, 1.165) is 48.9 Å². The zero-order valence-electron chi connectivity index (χ0n) is 16.0. The molecule has 142 valence electrons. The SMILES string of the molecule is CCCCCNC(=O)Nc1ccc2c(ccn2CC(=O)N(CC)CC)c1. The Morgan fingerprint density at radius 1 is 1.08 bits per heavy atom. The Kier molecular flexibility index (Phi) is 7.51. The molecule has 0 fully saturated rings. The van der Waals surface area contributed by atoms with Gasteiger partial charge in [-0.3, -0.25) is 4.79 Å². The minimum absolute atomic E-state index is 0.112. The summed E-state index contributed by atoms with van der Waals surface area (Å²) in [7, 11) is 0. The molecule has 0 radical (unpaired) electrons. The van der Waals surface area contributed by atoms with Gasteiger partial charge in [0.05, 0.1) is 0 Å². The van der Waals surface area contributed by atoms with E-state index in [1.165, 1.54) is 0 Å². The molecule has 3 amide bonds. The van der Waals surface area contributed by atoms with Gasteiger partial charge in [-0.25, -0.2) is 4.79 Å². The lowest BCUT2D eigenvalue weighted by atomic mass is 10.2. The summed E-state index contributed by atoms with van der Waals surface area (Å²) in [6.07, 6.45) is 5.16. The van der Waals surface area contributed by atoms with Crippen molar-refractivity contribution < 1.29 is 9.59 Å². The smallest absolute Gasteiger partial charge is 0.319 e. The van der Waals surface area contributed by atoms with Crippen molar-refractivity contribution in [1.29, 1.82) is 0 Å². The minimum Gasteiger partial charge on any atom is -0.342 e. The van der Waals surface area contributed by atoms with Crippen molar-refractivity contribution in [2.75, 3.05) is 25.0 Å². The highest BCUT2D eigenvalue weighted by Gasteiger charge is 2.12. The van der Waals surface area contributed by atoms with Crippen LogP contribution in [-0.2, 0) is 11.3 Å². The maximum atomic E-state index is 12.3. The molecule has 26 heavy (non-hydrogen) atoms. The molecule has 2 rings (SSSR count). The van der Waals surface area contributed by atoms with Crippen LogP contribution in [0.5, 0.6) is 0 Å². The molecular formula is C20H30N4O2. The maximum absolute atomic E-state index is 12.3. The van der Waals surface area contributed by atoms with Crippen molar-refractivity contribution in [3.63, 3.8) is 0 Å². The zero-order chi connectivity index (χ0) is 18.9. The normalized spacial score (nSPS) is 10.7. The van der Waals surface area contributed by atoms with E-state index in [1.54, 1.807) is 0 Å². The third-order valence-electron chi connectivity index (χ3n) is 4.52. The zero-order valence-corrected chi connectivity index (χ0v) is 16.0. The molecule has 0 bridgehead atoms. The maximum Gasteiger partial charge on any atom is 0.319 e. The number of carbonyl (C=O) groups excluding carboxylic acids is 2. The predicted molar refractivity (Wildman–Crippen MR) is 106 cm³/mol. The summed E-state index contributed by atoms with van der Waals surface area (Å²) in [6, 6.07) is 7.52. The van der Waals surface area contributed by atoms with Crippen LogP contribution in [0.2, 0.25) is 0 Å². The number of rotatable bonds is 9. The Morgan fingerprint density at radius 3 is 2.54 bits per heavy atom. The van der Waals surface area contributed by atoms with Crippen LogP contribution >= 0.6 is 0 Å². The topological polar surface area (TPSA) is 66.4 Å². The second-order valence-electron chi connectivity index (χ2n) is 6.37. The van der Waals surface area contributed by atoms with Crippen LogP contribution in [0.1, 0.15) is 40.0 Å². The number of nitrogens with zero attached hydrogens (tertiary/aromatic N) is 2. The first-order valence-corrected chi connectivity index (χ1v) is 9.50. The fourth-order valence-corrected chi connectivity index (χ4v) is 2.99. The number of urea groups is 1. The molecule has 0 saturated heterocycles. The molecule has 6 heteroatoms. The van der Waals surface area contributed by atoms with Crippen molar-refractivity contribution in [3.05, 3.63) is 30.5 Å². The second-order valence-corrected chi connectivity index (χ2v) is 6.37. The lowest BCUT2D eigenvalue weighted by Crippen LogP contribution is -2.33. The third kappa shape index (κ3) is 5.25. The van der Waals surface area contributed by atoms with Crippen molar-refractivity contribution in [2.45, 2.75) is 46.6 Å². The van der Waals surface area contributed by atoms with E-state index in [1.807, 2.05) is 53.8 Å². The number of hydrogen-bond donors (Lipinski definition) is 2. The summed E-state index contributed by atoms with van der Waals surface area (Å²) >= 11 is 0. The number of aromatic nitrogens is 1. The van der Waals surface area contributed by atoms with Gasteiger partial charge in [-0.15, -0.1) is 0 Å². The Hall–Kier alpha value is -2.50. The van der Waals surface area contributed by atoms with Gasteiger partial charge < -0.3 is 20.1 Å². The lowest BCUT2D eigenvalue weighted by Gasteiger charge is -2.19. The monoisotopic (exact) mass is 358 g/mol. The molecule has 0 aliphatic carbocycles. The Balaban J connectivity index is 2.00. The molecule has 0 aliphatic rings. The molecule has 0 spiro atoms. The van der Waals surface area contributed by atoms with E-state index in [0.29, 0.717) is 13.1 Å². The molecule has 0 aliphatic heterocycles. The van der Waals surface area contributed by atoms with E-state index in [9.17, 15) is 9.59 Å². The summed E-state index contributed by atoms with van der Waals surface area (Å²) in [4.78, 5) is 26.1. The van der Waals surface area contributed by atoms with Crippen LogP contribution in [0.3, 0.4) is 0 Å². The molecule has 2 aromatic rings. The Labute approximate surface area is 155 Å². The van der Waals surface area contributed by atoms with Gasteiger partial charge in [0, 0.05) is 42.4 Å². The Bertz CT molecular complexity index is 734. The van der Waals surface area contributed by atoms with Gasteiger partial charge in [0.1, 0.15) is 6.54 Å². The molecule has 0 saturated carbocycles. The van der Waals surface area contributed by atoms with Gasteiger partial charge in [0.25, 0.3) is 0 Å². The molecule has 2 N–H and O–H groups in total. The fourth-order valence-electron chi connectivity index (χ4n) is 2.99. The van der Waals surface area contributed by atoms with Crippen molar-refractivity contribution in [1.82, 2.24) is 14.8 Å². The van der Waals surface area contributed by atoms with Gasteiger partial charge in [-0.1, -0.05) is 19.8 Å². The van der Waals surface area contributed by atoms with Crippen LogP contribution in [0.4, 0.5) is 10.5 Å². The molecular weight excluding hydrogens is 328 g/mol. The van der Waals surface area contributed by atoms with Crippen molar-refractivity contribution >= 4 is 28.5 Å². The molecule has 0 atom stereocenters. The average Bonchev–Trinajstić information content (AvgIpc) is 3.02. The number of fused-ring (bicyclic) bond motifs is 1. The van der Waals surface area contributed by atoms with E-state index < -0.39 is 0 Å². The first-order valence-electron chi connectivity index (χ1n) is 9.50. The summed E-state index contributed by atoms with van der Waals surface area (Å²) in [6.45, 7) is 8.56. The number of unbranched alkanes of at least 4 members (excludes halogenated alkanes) is 2. The van der Waals surface area contributed by atoms with E-state index in [-0.39, 0.29) is 11.9 Å². The van der Waals surface area contributed by atoms with Crippen LogP contribution in [0.25, 0.3) is 10.9 Å². The van der Waals surface area contributed by atoms with Crippen LogP contribution in [0.15, 0.2) is 30.5 Å². The highest BCUT2D eigenvalue weighted by Crippen LogP contribution is 2.20. The summed E-state index contributed by atoms with van der Waals surface area (Å²) in [5, 5.41) is 6.73. The lowest BCUT2D eigenvalue weighted by molar-refractivity contribution is -0.131. The van der Waals surface area contributed by atoms with Gasteiger partial charge in [-0.05, 0) is 44.5 Å². The van der Waals surface area contributed by atoms with Crippen molar-refractivity contribution in [2.24, 2.45) is 0 Å². The molecule has 0 unspecified atom stereocenters. The highest BCUT2D eigenvalue weighted by molar-refractivity contribution is 5.93. The van der Waals surface area contributed by atoms with E-state index >= 15 is 0 Å². The summed E-state index contributed by atoms with van der Waals surface area (Å²) in [5.41, 5.74) is 1.73. The fraction of sp³-hybridized carbons (Fsp3) is 0.500. The Morgan fingerprint density at radius 2 is 1.85 bits per heavy atom. The van der Waals surface area contributed by atoms with E-state index in [4.69, 9.17) is 0 Å². The number of hydrogen-bond acceptors (Lipinski definition) is 2.